The van der Waals surface area contributed by atoms with Gasteiger partial charge in [0.1, 0.15) is 0 Å². The quantitative estimate of drug-likeness (QED) is 0.848. The van der Waals surface area contributed by atoms with Crippen LogP contribution in [0.15, 0.2) is 6.20 Å². The van der Waals surface area contributed by atoms with Gasteiger partial charge in [0, 0.05) is 17.9 Å². The summed E-state index contributed by atoms with van der Waals surface area (Å²) in [6, 6.07) is 0.528. The second-order valence-electron chi connectivity index (χ2n) is 5.86. The Morgan fingerprint density at radius 1 is 1.35 bits per heavy atom. The number of hydrogen-bond donors (Lipinski definition) is 1. The smallest absolute Gasteiger partial charge is 0.152 e. The third kappa shape index (κ3) is 3.46. The summed E-state index contributed by atoms with van der Waals surface area (Å²) in [6.45, 7) is 7.58. The Morgan fingerprint density at radius 2 is 2.18 bits per heavy atom. The average Bonchev–Trinajstić information content (AvgIpc) is 2.29. The fourth-order valence-corrected chi connectivity index (χ4v) is 2.11. The van der Waals surface area contributed by atoms with E-state index >= 15 is 0 Å². The van der Waals surface area contributed by atoms with Crippen LogP contribution in [0.5, 0.6) is 0 Å². The first-order valence-electron chi connectivity index (χ1n) is 6.48. The summed E-state index contributed by atoms with van der Waals surface area (Å²) in [6.07, 6.45) is 6.50. The van der Waals surface area contributed by atoms with Crippen molar-refractivity contribution in [1.82, 2.24) is 20.5 Å². The maximum Gasteiger partial charge on any atom is 0.152 e. The third-order valence-corrected chi connectivity index (χ3v) is 3.21. The summed E-state index contributed by atoms with van der Waals surface area (Å²) in [5, 5.41) is 11.7. The van der Waals surface area contributed by atoms with Crippen molar-refractivity contribution in [1.29, 1.82) is 0 Å². The lowest BCUT2D eigenvalue weighted by Crippen LogP contribution is -2.36. The molecule has 0 saturated carbocycles. The van der Waals surface area contributed by atoms with E-state index in [1.165, 1.54) is 19.3 Å². The number of piperidine rings is 1. The van der Waals surface area contributed by atoms with Crippen LogP contribution in [0, 0.1) is 0 Å². The number of aromatic nitrogens is 3. The molecule has 0 radical (unpaired) electrons. The van der Waals surface area contributed by atoms with E-state index in [2.05, 4.69) is 41.3 Å². The van der Waals surface area contributed by atoms with Crippen molar-refractivity contribution in [2.24, 2.45) is 0 Å². The summed E-state index contributed by atoms with van der Waals surface area (Å²) in [5.41, 5.74) is 1.07. The van der Waals surface area contributed by atoms with Crippen LogP contribution in [0.3, 0.4) is 0 Å². The van der Waals surface area contributed by atoms with Gasteiger partial charge in [-0.3, -0.25) is 0 Å². The number of nitrogens with one attached hydrogen (secondary N) is 1. The zero-order valence-electron chi connectivity index (χ0n) is 11.0. The van der Waals surface area contributed by atoms with Gasteiger partial charge >= 0.3 is 0 Å². The summed E-state index contributed by atoms with van der Waals surface area (Å²) in [5.74, 6) is 0.872. The molecule has 0 spiro atoms. The minimum Gasteiger partial charge on any atom is -0.314 e. The fraction of sp³-hybridized carbons (Fsp3) is 0.769. The Kier molecular flexibility index (Phi) is 3.72. The average molecular weight is 234 g/mol. The van der Waals surface area contributed by atoms with E-state index in [1.54, 1.807) is 6.20 Å². The third-order valence-electron chi connectivity index (χ3n) is 3.21. The van der Waals surface area contributed by atoms with Crippen LogP contribution in [0.1, 0.15) is 51.6 Å². The highest BCUT2D eigenvalue weighted by molar-refractivity contribution is 5.08. The van der Waals surface area contributed by atoms with Crippen molar-refractivity contribution < 1.29 is 0 Å². The molecule has 1 unspecified atom stereocenters. The van der Waals surface area contributed by atoms with Crippen molar-refractivity contribution in [3.05, 3.63) is 17.7 Å². The summed E-state index contributed by atoms with van der Waals surface area (Å²) >= 11 is 0. The van der Waals surface area contributed by atoms with Crippen LogP contribution in [0.4, 0.5) is 0 Å². The van der Waals surface area contributed by atoms with Crippen molar-refractivity contribution in [2.75, 3.05) is 6.54 Å². The Hall–Kier alpha value is -1.03. The van der Waals surface area contributed by atoms with Crippen molar-refractivity contribution in [2.45, 2.75) is 57.9 Å². The van der Waals surface area contributed by atoms with Gasteiger partial charge < -0.3 is 5.32 Å². The molecule has 17 heavy (non-hydrogen) atoms. The molecular weight excluding hydrogens is 212 g/mol. The Labute approximate surface area is 103 Å². The molecule has 1 aliphatic heterocycles. The molecule has 1 fully saturated rings. The van der Waals surface area contributed by atoms with Gasteiger partial charge in [-0.05, 0) is 19.4 Å². The highest BCUT2D eigenvalue weighted by Crippen LogP contribution is 2.19. The van der Waals surface area contributed by atoms with Crippen LogP contribution in [-0.4, -0.2) is 27.8 Å². The lowest BCUT2D eigenvalue weighted by atomic mass is 9.93. The van der Waals surface area contributed by atoms with E-state index in [9.17, 15) is 0 Å². The molecule has 2 heterocycles. The number of hydrogen-bond acceptors (Lipinski definition) is 4. The van der Waals surface area contributed by atoms with Gasteiger partial charge in [0.05, 0.1) is 11.9 Å². The highest BCUT2D eigenvalue weighted by Gasteiger charge is 2.19. The van der Waals surface area contributed by atoms with Crippen LogP contribution in [-0.2, 0) is 11.8 Å². The Morgan fingerprint density at radius 3 is 2.82 bits per heavy atom. The van der Waals surface area contributed by atoms with E-state index in [1.807, 2.05) is 0 Å². The standard InChI is InChI=1S/C13H22N4/c1-13(2,3)11-9-15-17-12(16-11)8-10-6-4-5-7-14-10/h9-10,14H,4-8H2,1-3H3. The van der Waals surface area contributed by atoms with Crippen LogP contribution in [0.2, 0.25) is 0 Å². The number of rotatable bonds is 2. The lowest BCUT2D eigenvalue weighted by Gasteiger charge is -2.23. The number of nitrogens with zero attached hydrogens (tertiary/aromatic N) is 3. The summed E-state index contributed by atoms with van der Waals surface area (Å²) in [4.78, 5) is 4.62. The predicted molar refractivity (Wildman–Crippen MR) is 67.9 cm³/mol. The fourth-order valence-electron chi connectivity index (χ4n) is 2.11. The predicted octanol–water partition coefficient (Wildman–Crippen LogP) is 1.85. The van der Waals surface area contributed by atoms with E-state index in [0.717, 1.165) is 24.5 Å². The van der Waals surface area contributed by atoms with E-state index < -0.39 is 0 Å². The van der Waals surface area contributed by atoms with Crippen molar-refractivity contribution in [3.8, 4) is 0 Å². The molecule has 1 aliphatic rings. The van der Waals surface area contributed by atoms with Gasteiger partial charge in [-0.1, -0.05) is 27.2 Å². The topological polar surface area (TPSA) is 50.7 Å². The van der Waals surface area contributed by atoms with Gasteiger partial charge in [0.25, 0.3) is 0 Å². The maximum absolute atomic E-state index is 4.62. The molecule has 0 amide bonds. The van der Waals surface area contributed by atoms with E-state index in [0.29, 0.717) is 6.04 Å². The zero-order valence-corrected chi connectivity index (χ0v) is 11.0. The maximum atomic E-state index is 4.62. The van der Waals surface area contributed by atoms with Crippen molar-refractivity contribution in [3.63, 3.8) is 0 Å². The molecule has 0 bridgehead atoms. The molecule has 4 nitrogen and oxygen atoms in total. The first-order chi connectivity index (χ1) is 8.05. The summed E-state index contributed by atoms with van der Waals surface area (Å²) in [7, 11) is 0. The molecule has 4 heteroatoms. The minimum atomic E-state index is 0.0463. The normalized spacial score (nSPS) is 21.5. The van der Waals surface area contributed by atoms with Crippen LogP contribution < -0.4 is 5.32 Å². The highest BCUT2D eigenvalue weighted by atomic mass is 15.1. The van der Waals surface area contributed by atoms with Crippen molar-refractivity contribution >= 4 is 0 Å². The zero-order chi connectivity index (χ0) is 12.3. The van der Waals surface area contributed by atoms with Crippen LogP contribution >= 0.6 is 0 Å². The molecule has 1 aromatic rings. The van der Waals surface area contributed by atoms with Gasteiger partial charge in [0.15, 0.2) is 5.82 Å². The molecule has 0 aliphatic carbocycles. The van der Waals surface area contributed by atoms with E-state index in [4.69, 9.17) is 0 Å². The molecule has 1 saturated heterocycles. The molecule has 2 rings (SSSR count). The van der Waals surface area contributed by atoms with Gasteiger partial charge in [-0.25, -0.2) is 4.98 Å². The molecule has 1 aromatic heterocycles. The first-order valence-corrected chi connectivity index (χ1v) is 6.48. The Balaban J connectivity index is 2.05. The monoisotopic (exact) mass is 234 g/mol. The first kappa shape index (κ1) is 12.4. The van der Waals surface area contributed by atoms with E-state index in [-0.39, 0.29) is 5.41 Å². The van der Waals surface area contributed by atoms with Gasteiger partial charge in [0.2, 0.25) is 0 Å². The SMILES string of the molecule is CC(C)(C)c1cnnc(CC2CCCCN2)n1. The molecule has 0 aromatic carbocycles. The minimum absolute atomic E-state index is 0.0463. The summed E-state index contributed by atoms with van der Waals surface area (Å²) < 4.78 is 0. The lowest BCUT2D eigenvalue weighted by molar-refractivity contribution is 0.391. The Bertz CT molecular complexity index is 364. The molecule has 1 atom stereocenters. The van der Waals surface area contributed by atoms with Crippen LogP contribution in [0.25, 0.3) is 0 Å². The molecule has 1 N–H and O–H groups in total. The largest absolute Gasteiger partial charge is 0.314 e. The second kappa shape index (κ2) is 5.08. The molecule has 94 valence electrons. The molecular formula is C13H22N4. The second-order valence-corrected chi connectivity index (χ2v) is 5.86. The van der Waals surface area contributed by atoms with Gasteiger partial charge in [-0.15, -0.1) is 5.10 Å². The van der Waals surface area contributed by atoms with Gasteiger partial charge in [-0.2, -0.15) is 5.10 Å².